The third-order valence-electron chi connectivity index (χ3n) is 7.55. The zero-order valence-corrected chi connectivity index (χ0v) is 24.0. The summed E-state index contributed by atoms with van der Waals surface area (Å²) < 4.78 is 20.6. The summed E-state index contributed by atoms with van der Waals surface area (Å²) in [7, 11) is -5.49. The van der Waals surface area contributed by atoms with Crippen LogP contribution >= 0.6 is 7.37 Å². The molecule has 186 valence electrons. The van der Waals surface area contributed by atoms with Crippen LogP contribution in [0.1, 0.15) is 59.6 Å². The molecule has 0 spiro atoms. The number of hydrogen-bond donors (Lipinski definition) is 0. The van der Waals surface area contributed by atoms with Crippen molar-refractivity contribution in [1.29, 1.82) is 0 Å². The standard InChI is InChI=1S/C30H39O3PSi/c1-22(2)35(23(3)4,24(5)6)30(25(7)31)26-18-20-29(21-19-26)34(32,28-16-12-9-13-17-28)33-27-14-10-8-11-15-27/h8-24,30H,1-7H3. The van der Waals surface area contributed by atoms with E-state index in [2.05, 4.69) is 41.5 Å². The normalized spacial score (nSPS) is 14.7. The molecule has 0 amide bonds. The Labute approximate surface area is 212 Å². The van der Waals surface area contributed by atoms with Crippen LogP contribution in [0.5, 0.6) is 5.75 Å². The second-order valence-electron chi connectivity index (χ2n) is 10.4. The van der Waals surface area contributed by atoms with Crippen LogP contribution in [0.25, 0.3) is 0 Å². The van der Waals surface area contributed by atoms with Gasteiger partial charge in [0.15, 0.2) is 0 Å². The van der Waals surface area contributed by atoms with Crippen molar-refractivity contribution in [3.05, 3.63) is 90.5 Å². The van der Waals surface area contributed by atoms with Crippen molar-refractivity contribution < 1.29 is 13.9 Å². The monoisotopic (exact) mass is 506 g/mol. The molecular formula is C30H39O3PSi. The highest BCUT2D eigenvalue weighted by Crippen LogP contribution is 2.51. The minimum atomic E-state index is -3.39. The molecule has 0 aliphatic carbocycles. The fourth-order valence-corrected chi connectivity index (χ4v) is 15.8. The van der Waals surface area contributed by atoms with Crippen molar-refractivity contribution in [3.63, 3.8) is 0 Å². The third-order valence-corrected chi connectivity index (χ3v) is 17.7. The summed E-state index contributed by atoms with van der Waals surface area (Å²) in [4.78, 5) is 13.2. The van der Waals surface area contributed by atoms with Gasteiger partial charge in [0.1, 0.15) is 11.5 Å². The highest BCUT2D eigenvalue weighted by molar-refractivity contribution is 7.74. The molecule has 3 aromatic carbocycles. The molecule has 2 unspecified atom stereocenters. The lowest BCUT2D eigenvalue weighted by Gasteiger charge is -2.48. The van der Waals surface area contributed by atoms with Crippen molar-refractivity contribution in [2.45, 2.75) is 70.6 Å². The van der Waals surface area contributed by atoms with Gasteiger partial charge in [-0.3, -0.25) is 9.36 Å². The lowest BCUT2D eigenvalue weighted by atomic mass is 10.1. The molecule has 3 rings (SSSR count). The van der Waals surface area contributed by atoms with E-state index in [1.54, 1.807) is 6.92 Å². The molecule has 0 N–H and O–H groups in total. The zero-order chi connectivity index (χ0) is 25.8. The summed E-state index contributed by atoms with van der Waals surface area (Å²) in [5.74, 6) is 0.795. The van der Waals surface area contributed by atoms with Crippen LogP contribution in [-0.2, 0) is 9.36 Å². The van der Waals surface area contributed by atoms with Gasteiger partial charge < -0.3 is 4.52 Å². The molecule has 0 fully saturated rings. The quantitative estimate of drug-likeness (QED) is 0.207. The molecule has 3 nitrogen and oxygen atoms in total. The highest BCUT2D eigenvalue weighted by Gasteiger charge is 2.51. The van der Waals surface area contributed by atoms with Crippen molar-refractivity contribution in [3.8, 4) is 5.75 Å². The number of ketones is 1. The topological polar surface area (TPSA) is 43.4 Å². The van der Waals surface area contributed by atoms with Gasteiger partial charge in [0.2, 0.25) is 0 Å². The van der Waals surface area contributed by atoms with Crippen LogP contribution in [0.4, 0.5) is 0 Å². The summed E-state index contributed by atoms with van der Waals surface area (Å²) in [6.07, 6.45) is 0. The fourth-order valence-electron chi connectivity index (χ4n) is 6.25. The average Bonchev–Trinajstić information content (AvgIpc) is 2.82. The van der Waals surface area contributed by atoms with Gasteiger partial charge in [0.25, 0.3) is 0 Å². The maximum absolute atomic E-state index is 14.4. The van der Waals surface area contributed by atoms with Crippen LogP contribution in [0.3, 0.4) is 0 Å². The van der Waals surface area contributed by atoms with Crippen molar-refractivity contribution in [2.75, 3.05) is 0 Å². The lowest BCUT2D eigenvalue weighted by Crippen LogP contribution is -2.52. The number of benzene rings is 3. The summed E-state index contributed by atoms with van der Waals surface area (Å²) >= 11 is 0. The minimum absolute atomic E-state index is 0.109. The van der Waals surface area contributed by atoms with E-state index in [1.807, 2.05) is 84.9 Å². The smallest absolute Gasteiger partial charge is 0.306 e. The second-order valence-corrected chi connectivity index (χ2v) is 18.8. The van der Waals surface area contributed by atoms with E-state index in [0.717, 1.165) is 5.56 Å². The first-order valence-electron chi connectivity index (χ1n) is 12.6. The van der Waals surface area contributed by atoms with E-state index in [4.69, 9.17) is 4.52 Å². The summed E-state index contributed by atoms with van der Waals surface area (Å²) in [5.41, 5.74) is 2.28. The molecule has 0 saturated heterocycles. The summed E-state index contributed by atoms with van der Waals surface area (Å²) in [6.45, 7) is 15.5. The molecule has 2 atom stereocenters. The Morgan fingerprint density at radius 3 is 1.54 bits per heavy atom. The van der Waals surface area contributed by atoms with Crippen LogP contribution in [-0.4, -0.2) is 13.9 Å². The van der Waals surface area contributed by atoms with E-state index >= 15 is 0 Å². The molecular weight excluding hydrogens is 467 g/mol. The minimum Gasteiger partial charge on any atom is -0.437 e. The van der Waals surface area contributed by atoms with Crippen LogP contribution in [0, 0.1) is 0 Å². The van der Waals surface area contributed by atoms with Crippen molar-refractivity contribution in [1.82, 2.24) is 0 Å². The molecule has 5 heteroatoms. The molecule has 35 heavy (non-hydrogen) atoms. The molecule has 3 aromatic rings. The van der Waals surface area contributed by atoms with Crippen molar-refractivity contribution in [2.24, 2.45) is 0 Å². The van der Waals surface area contributed by atoms with Crippen LogP contribution < -0.4 is 15.1 Å². The molecule has 0 aliphatic heterocycles. The third kappa shape index (κ3) is 5.24. The van der Waals surface area contributed by atoms with Gasteiger partial charge in [-0.25, -0.2) is 0 Å². The zero-order valence-electron chi connectivity index (χ0n) is 22.1. The summed E-state index contributed by atoms with van der Waals surface area (Å²) in [6, 6.07) is 26.5. The van der Waals surface area contributed by atoms with E-state index in [0.29, 0.717) is 33.0 Å². The number of rotatable bonds is 10. The van der Waals surface area contributed by atoms with E-state index in [9.17, 15) is 9.36 Å². The second kappa shape index (κ2) is 11.1. The predicted octanol–water partition coefficient (Wildman–Crippen LogP) is 7.89. The molecule has 0 aliphatic rings. The Kier molecular flexibility index (Phi) is 8.61. The number of Topliss-reactive ketones (excluding diaryl/α,β-unsaturated/α-hetero) is 1. The van der Waals surface area contributed by atoms with Gasteiger partial charge >= 0.3 is 7.37 Å². The Bertz CT molecular complexity index is 1130. The Hall–Kier alpha value is -2.42. The van der Waals surface area contributed by atoms with E-state index < -0.39 is 15.4 Å². The molecule has 0 saturated carbocycles. The van der Waals surface area contributed by atoms with Gasteiger partial charge in [-0.1, -0.05) is 90.1 Å². The molecule has 0 aromatic heterocycles. The Morgan fingerprint density at radius 1 is 0.686 bits per heavy atom. The number of para-hydroxylation sites is 1. The van der Waals surface area contributed by atoms with Crippen LogP contribution in [0.15, 0.2) is 84.9 Å². The first kappa shape index (κ1) is 27.2. The maximum Gasteiger partial charge on any atom is 0.306 e. The van der Waals surface area contributed by atoms with Gasteiger partial charge in [-0.2, -0.15) is 0 Å². The Balaban J connectivity index is 2.13. The van der Waals surface area contributed by atoms with Gasteiger partial charge in [0.05, 0.1) is 18.7 Å². The number of carbonyl (C=O) groups is 1. The lowest BCUT2D eigenvalue weighted by molar-refractivity contribution is -0.117. The number of carbonyl (C=O) groups excluding carboxylic acids is 1. The fraction of sp³-hybridized carbons (Fsp3) is 0.367. The maximum atomic E-state index is 14.4. The predicted molar refractivity (Wildman–Crippen MR) is 151 cm³/mol. The highest BCUT2D eigenvalue weighted by atomic mass is 31.2. The van der Waals surface area contributed by atoms with Gasteiger partial charge in [-0.05, 0) is 65.5 Å². The van der Waals surface area contributed by atoms with Gasteiger partial charge in [0, 0.05) is 5.54 Å². The molecule has 0 heterocycles. The average molecular weight is 507 g/mol. The van der Waals surface area contributed by atoms with Crippen LogP contribution in [0.2, 0.25) is 16.6 Å². The Morgan fingerprint density at radius 2 is 1.11 bits per heavy atom. The number of hydrogen-bond acceptors (Lipinski definition) is 3. The molecule has 0 radical (unpaired) electrons. The van der Waals surface area contributed by atoms with Crippen molar-refractivity contribution >= 4 is 31.8 Å². The summed E-state index contributed by atoms with van der Waals surface area (Å²) in [5, 5.41) is 1.28. The van der Waals surface area contributed by atoms with E-state index in [1.165, 1.54) is 0 Å². The van der Waals surface area contributed by atoms with E-state index in [-0.39, 0.29) is 11.3 Å². The molecule has 0 bridgehead atoms. The largest absolute Gasteiger partial charge is 0.437 e. The first-order valence-corrected chi connectivity index (χ1v) is 16.5. The SMILES string of the molecule is CC(=O)C(c1ccc(P(=O)(Oc2ccccc2)c2ccccc2)cc1)[Si](C(C)C)(C(C)C)C(C)C. The first-order chi connectivity index (χ1) is 16.5. The van der Waals surface area contributed by atoms with Gasteiger partial charge in [-0.15, -0.1) is 0 Å².